The molecule has 0 spiro atoms. The van der Waals surface area contributed by atoms with E-state index < -0.39 is 11.8 Å². The van der Waals surface area contributed by atoms with Crippen LogP contribution in [0.2, 0.25) is 0 Å². The van der Waals surface area contributed by atoms with Gasteiger partial charge in [0.15, 0.2) is 0 Å². The number of hydrogen-bond donors (Lipinski definition) is 3. The molecule has 2 amide bonds. The zero-order valence-electron chi connectivity index (χ0n) is 11.7. The van der Waals surface area contributed by atoms with Crippen LogP contribution in [-0.4, -0.2) is 11.8 Å². The van der Waals surface area contributed by atoms with E-state index >= 15 is 0 Å². The van der Waals surface area contributed by atoms with Crippen molar-refractivity contribution < 1.29 is 9.59 Å². The van der Waals surface area contributed by atoms with Crippen LogP contribution in [0.3, 0.4) is 0 Å². The number of nitrogens with one attached hydrogen (secondary N) is 1. The summed E-state index contributed by atoms with van der Waals surface area (Å²) in [6.07, 6.45) is 0. The Hall–Kier alpha value is -2.82. The summed E-state index contributed by atoms with van der Waals surface area (Å²) in [5.74, 6) is -1.20. The van der Waals surface area contributed by atoms with E-state index in [9.17, 15) is 9.59 Å². The lowest BCUT2D eigenvalue weighted by Gasteiger charge is -2.10. The molecular formula is C16H17N3O2. The first-order valence-corrected chi connectivity index (χ1v) is 6.50. The highest BCUT2D eigenvalue weighted by Crippen LogP contribution is 2.16. The first-order valence-electron chi connectivity index (χ1n) is 6.50. The van der Waals surface area contributed by atoms with E-state index in [1.165, 1.54) is 11.6 Å². The standard InChI is InChI=1S/C16H17N3O2/c1-10-2-4-11(5-3-10)9-19-14-7-12(15(17)20)6-13(8-14)16(18)21/h2-8,19H,9H2,1H3,(H2,17,20)(H2,18,21). The quantitative estimate of drug-likeness (QED) is 0.780. The van der Waals surface area contributed by atoms with Crippen molar-refractivity contribution in [1.29, 1.82) is 0 Å². The van der Waals surface area contributed by atoms with Gasteiger partial charge in [-0.15, -0.1) is 0 Å². The number of primary amides is 2. The van der Waals surface area contributed by atoms with Crippen molar-refractivity contribution in [2.24, 2.45) is 11.5 Å². The van der Waals surface area contributed by atoms with Crippen LogP contribution in [0.25, 0.3) is 0 Å². The average molecular weight is 283 g/mol. The lowest BCUT2D eigenvalue weighted by molar-refractivity contribution is 0.0999. The number of benzene rings is 2. The van der Waals surface area contributed by atoms with E-state index in [-0.39, 0.29) is 11.1 Å². The number of carbonyl (C=O) groups is 2. The van der Waals surface area contributed by atoms with Gasteiger partial charge < -0.3 is 16.8 Å². The van der Waals surface area contributed by atoms with Gasteiger partial charge in [0, 0.05) is 23.4 Å². The van der Waals surface area contributed by atoms with Crippen molar-refractivity contribution in [3.05, 3.63) is 64.7 Å². The molecule has 2 aromatic carbocycles. The van der Waals surface area contributed by atoms with Crippen molar-refractivity contribution in [1.82, 2.24) is 0 Å². The van der Waals surface area contributed by atoms with E-state index in [1.54, 1.807) is 12.1 Å². The van der Waals surface area contributed by atoms with Gasteiger partial charge in [-0.05, 0) is 30.7 Å². The Morgan fingerprint density at radius 1 is 0.952 bits per heavy atom. The molecule has 0 unspecified atom stereocenters. The summed E-state index contributed by atoms with van der Waals surface area (Å²) in [6.45, 7) is 2.59. The molecule has 5 N–H and O–H groups in total. The Morgan fingerprint density at radius 3 is 1.95 bits per heavy atom. The van der Waals surface area contributed by atoms with Crippen LogP contribution >= 0.6 is 0 Å². The first-order chi connectivity index (χ1) is 9.95. The van der Waals surface area contributed by atoms with Crippen molar-refractivity contribution in [3.8, 4) is 0 Å². The number of aryl methyl sites for hydroxylation is 1. The Bertz CT molecular complexity index is 646. The van der Waals surface area contributed by atoms with Crippen LogP contribution in [-0.2, 0) is 6.54 Å². The van der Waals surface area contributed by atoms with Gasteiger partial charge in [-0.3, -0.25) is 9.59 Å². The van der Waals surface area contributed by atoms with Gasteiger partial charge >= 0.3 is 0 Å². The van der Waals surface area contributed by atoms with Crippen LogP contribution in [0.5, 0.6) is 0 Å². The predicted molar refractivity (Wildman–Crippen MR) is 82.0 cm³/mol. The highest BCUT2D eigenvalue weighted by Gasteiger charge is 2.09. The molecule has 5 heteroatoms. The number of amides is 2. The molecule has 0 atom stereocenters. The normalized spacial score (nSPS) is 10.1. The van der Waals surface area contributed by atoms with E-state index in [2.05, 4.69) is 5.32 Å². The third kappa shape index (κ3) is 3.82. The maximum absolute atomic E-state index is 11.3. The molecule has 0 aliphatic rings. The molecule has 0 saturated heterocycles. The van der Waals surface area contributed by atoms with E-state index in [1.807, 2.05) is 31.2 Å². The maximum atomic E-state index is 11.3. The molecule has 5 nitrogen and oxygen atoms in total. The largest absolute Gasteiger partial charge is 0.381 e. The molecule has 21 heavy (non-hydrogen) atoms. The Balaban J connectivity index is 2.20. The number of carbonyl (C=O) groups excluding carboxylic acids is 2. The Kier molecular flexibility index (Phi) is 4.23. The summed E-state index contributed by atoms with van der Waals surface area (Å²) >= 11 is 0. The molecule has 0 heterocycles. The molecule has 2 rings (SSSR count). The minimum atomic E-state index is -0.600. The monoisotopic (exact) mass is 283 g/mol. The second-order valence-electron chi connectivity index (χ2n) is 4.87. The lowest BCUT2D eigenvalue weighted by Crippen LogP contribution is -2.16. The second-order valence-corrected chi connectivity index (χ2v) is 4.87. The summed E-state index contributed by atoms with van der Waals surface area (Å²) in [5, 5.41) is 3.16. The molecule has 0 radical (unpaired) electrons. The van der Waals surface area contributed by atoms with Gasteiger partial charge in [-0.25, -0.2) is 0 Å². The van der Waals surface area contributed by atoms with Crippen molar-refractivity contribution in [3.63, 3.8) is 0 Å². The second kappa shape index (κ2) is 6.09. The van der Waals surface area contributed by atoms with Gasteiger partial charge in [0.05, 0.1) is 0 Å². The third-order valence-corrected chi connectivity index (χ3v) is 3.12. The molecule has 0 aliphatic heterocycles. The summed E-state index contributed by atoms with van der Waals surface area (Å²) < 4.78 is 0. The minimum absolute atomic E-state index is 0.248. The predicted octanol–water partition coefficient (Wildman–Crippen LogP) is 1.80. The van der Waals surface area contributed by atoms with Gasteiger partial charge in [0.25, 0.3) is 0 Å². The molecule has 0 aromatic heterocycles. The van der Waals surface area contributed by atoms with E-state index in [0.29, 0.717) is 12.2 Å². The SMILES string of the molecule is Cc1ccc(CNc2cc(C(N)=O)cc(C(N)=O)c2)cc1. The maximum Gasteiger partial charge on any atom is 0.248 e. The summed E-state index contributed by atoms with van der Waals surface area (Å²) in [4.78, 5) is 22.6. The topological polar surface area (TPSA) is 98.2 Å². The highest BCUT2D eigenvalue weighted by molar-refractivity contribution is 5.99. The van der Waals surface area contributed by atoms with Crippen LogP contribution in [0.1, 0.15) is 31.8 Å². The van der Waals surface area contributed by atoms with Crippen LogP contribution in [0.15, 0.2) is 42.5 Å². The van der Waals surface area contributed by atoms with Crippen LogP contribution in [0.4, 0.5) is 5.69 Å². The van der Waals surface area contributed by atoms with Crippen LogP contribution < -0.4 is 16.8 Å². The summed E-state index contributed by atoms with van der Waals surface area (Å²) in [6, 6.07) is 12.6. The minimum Gasteiger partial charge on any atom is -0.381 e. The van der Waals surface area contributed by atoms with E-state index in [0.717, 1.165) is 5.56 Å². The Labute approximate surface area is 123 Å². The van der Waals surface area contributed by atoms with Crippen molar-refractivity contribution in [2.75, 3.05) is 5.32 Å². The molecule has 0 aliphatic carbocycles. The number of anilines is 1. The first kappa shape index (κ1) is 14.6. The zero-order chi connectivity index (χ0) is 15.4. The average Bonchev–Trinajstić information content (AvgIpc) is 2.46. The van der Waals surface area contributed by atoms with Gasteiger partial charge in [0.2, 0.25) is 11.8 Å². The molecule has 108 valence electrons. The molecular weight excluding hydrogens is 266 g/mol. The fourth-order valence-corrected chi connectivity index (χ4v) is 1.92. The van der Waals surface area contributed by atoms with Gasteiger partial charge in [-0.1, -0.05) is 29.8 Å². The summed E-state index contributed by atoms with van der Waals surface area (Å²) in [7, 11) is 0. The molecule has 0 fully saturated rings. The fraction of sp³-hybridized carbons (Fsp3) is 0.125. The highest BCUT2D eigenvalue weighted by atomic mass is 16.1. The number of nitrogens with two attached hydrogens (primary N) is 2. The molecule has 0 bridgehead atoms. The zero-order valence-corrected chi connectivity index (χ0v) is 11.7. The van der Waals surface area contributed by atoms with Crippen LogP contribution in [0, 0.1) is 6.92 Å². The third-order valence-electron chi connectivity index (χ3n) is 3.12. The van der Waals surface area contributed by atoms with Crippen molar-refractivity contribution in [2.45, 2.75) is 13.5 Å². The van der Waals surface area contributed by atoms with Gasteiger partial charge in [0.1, 0.15) is 0 Å². The van der Waals surface area contributed by atoms with Crippen molar-refractivity contribution >= 4 is 17.5 Å². The smallest absolute Gasteiger partial charge is 0.248 e. The molecule has 0 saturated carbocycles. The summed E-state index contributed by atoms with van der Waals surface area (Å²) in [5.41, 5.74) is 13.9. The van der Waals surface area contributed by atoms with Gasteiger partial charge in [-0.2, -0.15) is 0 Å². The lowest BCUT2D eigenvalue weighted by atomic mass is 10.1. The Morgan fingerprint density at radius 2 is 1.48 bits per heavy atom. The number of hydrogen-bond acceptors (Lipinski definition) is 3. The molecule has 2 aromatic rings. The van der Waals surface area contributed by atoms with E-state index in [4.69, 9.17) is 11.5 Å². The fourth-order valence-electron chi connectivity index (χ4n) is 1.92. The number of rotatable bonds is 5.